The lowest BCUT2D eigenvalue weighted by molar-refractivity contribution is -0.116. The normalized spacial score (nSPS) is 22.9. The average molecular weight is 460 g/mol. The fourth-order valence-electron chi connectivity index (χ4n) is 5.13. The molecule has 32 heavy (non-hydrogen) atoms. The summed E-state index contributed by atoms with van der Waals surface area (Å²) in [7, 11) is -3.39. The van der Waals surface area contributed by atoms with Gasteiger partial charge in [-0.15, -0.1) is 0 Å². The lowest BCUT2D eigenvalue weighted by Gasteiger charge is -2.32. The van der Waals surface area contributed by atoms with Crippen molar-refractivity contribution in [1.29, 1.82) is 0 Å². The van der Waals surface area contributed by atoms with Gasteiger partial charge in [-0.1, -0.05) is 30.3 Å². The third-order valence-corrected chi connectivity index (χ3v) is 7.83. The zero-order valence-electron chi connectivity index (χ0n) is 18.6. The summed E-state index contributed by atoms with van der Waals surface area (Å²) >= 11 is 0. The van der Waals surface area contributed by atoms with E-state index in [4.69, 9.17) is 0 Å². The minimum absolute atomic E-state index is 0.0535. The average Bonchev–Trinajstić information content (AvgIpc) is 3.12. The Balaban J connectivity index is 1.74. The van der Waals surface area contributed by atoms with Crippen LogP contribution in [0.15, 0.2) is 48.5 Å². The monoisotopic (exact) mass is 459 g/mol. The first-order valence-corrected chi connectivity index (χ1v) is 12.9. The molecule has 0 saturated carbocycles. The number of hydrogen-bond acceptors (Lipinski definition) is 4. The van der Waals surface area contributed by atoms with Crippen molar-refractivity contribution in [3.05, 3.63) is 65.5 Å². The number of anilines is 1. The largest absolute Gasteiger partial charge is 0.312 e. The van der Waals surface area contributed by atoms with Gasteiger partial charge in [0.25, 0.3) is 0 Å². The van der Waals surface area contributed by atoms with E-state index in [0.717, 1.165) is 29.7 Å². The highest BCUT2D eigenvalue weighted by atomic mass is 32.2. The van der Waals surface area contributed by atoms with Crippen molar-refractivity contribution in [2.24, 2.45) is 0 Å². The van der Waals surface area contributed by atoms with Crippen LogP contribution >= 0.6 is 0 Å². The van der Waals surface area contributed by atoms with E-state index in [1.54, 1.807) is 28.3 Å². The van der Waals surface area contributed by atoms with E-state index >= 15 is 0 Å². The Labute approximate surface area is 189 Å². The van der Waals surface area contributed by atoms with Gasteiger partial charge in [-0.2, -0.15) is 4.31 Å². The second-order valence-electron chi connectivity index (χ2n) is 8.86. The van der Waals surface area contributed by atoms with Crippen LogP contribution in [0.3, 0.4) is 0 Å². The molecule has 2 atom stereocenters. The summed E-state index contributed by atoms with van der Waals surface area (Å²) in [6.45, 7) is 3.74. The molecule has 4 rings (SSSR count). The van der Waals surface area contributed by atoms with Crippen LogP contribution < -0.4 is 4.90 Å². The van der Waals surface area contributed by atoms with Gasteiger partial charge in [-0.05, 0) is 48.6 Å². The maximum Gasteiger partial charge on any atom is 0.223 e. The van der Waals surface area contributed by atoms with Gasteiger partial charge in [0, 0.05) is 50.9 Å². The molecule has 0 aromatic heterocycles. The lowest BCUT2D eigenvalue weighted by atomic mass is 10.1. The van der Waals surface area contributed by atoms with Crippen molar-refractivity contribution in [2.45, 2.75) is 51.4 Å². The van der Waals surface area contributed by atoms with Crippen molar-refractivity contribution < 1.29 is 17.6 Å². The van der Waals surface area contributed by atoms with E-state index in [9.17, 15) is 17.6 Å². The van der Waals surface area contributed by atoms with Gasteiger partial charge in [-0.25, -0.2) is 12.8 Å². The van der Waals surface area contributed by atoms with Gasteiger partial charge in [0.1, 0.15) is 5.82 Å². The van der Waals surface area contributed by atoms with Crippen molar-refractivity contribution in [1.82, 2.24) is 9.21 Å². The third-order valence-electron chi connectivity index (χ3n) is 6.47. The van der Waals surface area contributed by atoms with E-state index < -0.39 is 10.0 Å². The molecule has 0 unspecified atom stereocenters. The first-order chi connectivity index (χ1) is 15.2. The minimum Gasteiger partial charge on any atom is -0.312 e. The Morgan fingerprint density at radius 1 is 1.03 bits per heavy atom. The first-order valence-electron chi connectivity index (χ1n) is 11.0. The highest BCUT2D eigenvalue weighted by molar-refractivity contribution is 7.88. The van der Waals surface area contributed by atoms with Gasteiger partial charge in [0.05, 0.1) is 6.26 Å². The van der Waals surface area contributed by atoms with Gasteiger partial charge in [0.2, 0.25) is 15.9 Å². The van der Waals surface area contributed by atoms with Crippen molar-refractivity contribution in [3.8, 4) is 0 Å². The van der Waals surface area contributed by atoms with Crippen LogP contribution in [0.2, 0.25) is 0 Å². The SMILES string of the molecule is CC(=O)N1CC[C@H]2CC[C@@H](CN(Cc3ccc(F)cc3)Cc3ccccc31)N2S(C)(=O)=O. The number of halogens is 1. The number of sulfonamides is 1. The molecule has 2 aromatic carbocycles. The van der Waals surface area contributed by atoms with E-state index in [2.05, 4.69) is 4.90 Å². The number of para-hydroxylation sites is 1. The van der Waals surface area contributed by atoms with E-state index in [1.165, 1.54) is 18.4 Å². The highest BCUT2D eigenvalue weighted by Gasteiger charge is 2.40. The molecule has 1 fully saturated rings. The van der Waals surface area contributed by atoms with Gasteiger partial charge in [0.15, 0.2) is 0 Å². The zero-order valence-corrected chi connectivity index (χ0v) is 19.4. The zero-order chi connectivity index (χ0) is 22.9. The second-order valence-corrected chi connectivity index (χ2v) is 10.7. The van der Waals surface area contributed by atoms with Crippen molar-refractivity contribution in [2.75, 3.05) is 24.2 Å². The smallest absolute Gasteiger partial charge is 0.223 e. The van der Waals surface area contributed by atoms with E-state index in [1.807, 2.05) is 24.3 Å². The van der Waals surface area contributed by atoms with Crippen molar-refractivity contribution >= 4 is 21.6 Å². The fourth-order valence-corrected chi connectivity index (χ4v) is 6.59. The minimum atomic E-state index is -3.39. The maximum atomic E-state index is 13.4. The Hall–Kier alpha value is -2.29. The van der Waals surface area contributed by atoms with Gasteiger partial charge < -0.3 is 4.90 Å². The number of hydrogen-bond donors (Lipinski definition) is 0. The molecule has 2 aliphatic rings. The topological polar surface area (TPSA) is 60.9 Å². The number of amides is 1. The van der Waals surface area contributed by atoms with Crippen LogP contribution in [0.1, 0.15) is 37.3 Å². The summed E-state index contributed by atoms with van der Waals surface area (Å²) in [5, 5.41) is 0. The standard InChI is InChI=1S/C24H30FN3O3S/c1-18(29)27-14-13-22-11-12-23(28(22)32(2,30)31)17-26(15-19-7-9-21(25)10-8-19)16-20-5-3-4-6-24(20)27/h3-10,22-23H,11-17H2,1-2H3/t22-,23+/m1/s1. The number of fused-ring (bicyclic) bond motifs is 3. The molecule has 0 N–H and O–H groups in total. The first kappa shape index (κ1) is 22.9. The van der Waals surface area contributed by atoms with Crippen LogP contribution in [-0.2, 0) is 27.9 Å². The van der Waals surface area contributed by atoms with Crippen LogP contribution in [0.4, 0.5) is 10.1 Å². The summed E-state index contributed by atoms with van der Waals surface area (Å²) < 4.78 is 40.5. The molecule has 1 saturated heterocycles. The number of carbonyl (C=O) groups excluding carboxylic acids is 1. The van der Waals surface area contributed by atoms with Crippen LogP contribution in [-0.4, -0.2) is 55.0 Å². The number of rotatable bonds is 3. The van der Waals surface area contributed by atoms with Crippen LogP contribution in [0.5, 0.6) is 0 Å². The molecule has 0 radical (unpaired) electrons. The summed E-state index contributed by atoms with van der Waals surface area (Å²) in [5.74, 6) is -0.335. The quantitative estimate of drug-likeness (QED) is 0.706. The van der Waals surface area contributed by atoms with Gasteiger partial charge in [-0.3, -0.25) is 9.69 Å². The predicted octanol–water partition coefficient (Wildman–Crippen LogP) is 3.38. The molecular formula is C24H30FN3O3S. The summed E-state index contributed by atoms with van der Waals surface area (Å²) in [5.41, 5.74) is 2.85. The summed E-state index contributed by atoms with van der Waals surface area (Å²) in [6.07, 6.45) is 3.46. The Kier molecular flexibility index (Phi) is 6.65. The molecule has 2 aliphatic heterocycles. The molecule has 6 nitrogen and oxygen atoms in total. The number of benzene rings is 2. The highest BCUT2D eigenvalue weighted by Crippen LogP contribution is 2.33. The summed E-state index contributed by atoms with van der Waals surface area (Å²) in [4.78, 5) is 16.5. The van der Waals surface area contributed by atoms with Crippen molar-refractivity contribution in [3.63, 3.8) is 0 Å². The molecule has 8 heteroatoms. The van der Waals surface area contributed by atoms with Crippen LogP contribution in [0, 0.1) is 5.82 Å². The Morgan fingerprint density at radius 2 is 1.72 bits per heavy atom. The van der Waals surface area contributed by atoms with Gasteiger partial charge >= 0.3 is 0 Å². The molecule has 2 aromatic rings. The number of carbonyl (C=O) groups is 1. The fraction of sp³-hybridized carbons (Fsp3) is 0.458. The Morgan fingerprint density at radius 3 is 2.41 bits per heavy atom. The third kappa shape index (κ3) is 5.03. The molecule has 1 amide bonds. The van der Waals surface area contributed by atoms with E-state index in [0.29, 0.717) is 32.6 Å². The molecule has 0 aliphatic carbocycles. The maximum absolute atomic E-state index is 13.4. The predicted molar refractivity (Wildman–Crippen MR) is 123 cm³/mol. The molecular weight excluding hydrogens is 429 g/mol. The summed E-state index contributed by atoms with van der Waals surface area (Å²) in [6, 6.07) is 14.0. The molecule has 2 bridgehead atoms. The lowest BCUT2D eigenvalue weighted by Crippen LogP contribution is -2.46. The Bertz CT molecular complexity index is 1070. The number of nitrogens with zero attached hydrogens (tertiary/aromatic N) is 3. The second kappa shape index (κ2) is 9.29. The molecule has 2 heterocycles. The molecule has 0 spiro atoms. The van der Waals surface area contributed by atoms with E-state index in [-0.39, 0.29) is 23.8 Å². The van der Waals surface area contributed by atoms with Crippen LogP contribution in [0.25, 0.3) is 0 Å². The molecule has 172 valence electrons.